The standard InChI is InChI=1S/C17H16N4S/c1-3-16-19-12(2)9-21(16)10-15-11-22-17(20-15)14-6-4-13(8-18)5-7-14/h4-7,9,11H,3,10H2,1-2H3. The molecule has 22 heavy (non-hydrogen) atoms. The second kappa shape index (κ2) is 6.12. The average Bonchev–Trinajstić information content (AvgIpc) is 3.14. The molecule has 0 saturated carbocycles. The van der Waals surface area contributed by atoms with E-state index < -0.39 is 0 Å². The predicted octanol–water partition coefficient (Wildman–Crippen LogP) is 3.80. The first-order chi connectivity index (χ1) is 10.7. The maximum Gasteiger partial charge on any atom is 0.123 e. The van der Waals surface area contributed by atoms with Crippen LogP contribution in [0.2, 0.25) is 0 Å². The van der Waals surface area contributed by atoms with Crippen molar-refractivity contribution in [1.82, 2.24) is 14.5 Å². The van der Waals surface area contributed by atoms with Crippen molar-refractivity contribution in [1.29, 1.82) is 5.26 Å². The van der Waals surface area contributed by atoms with E-state index in [1.165, 1.54) is 0 Å². The van der Waals surface area contributed by atoms with Crippen LogP contribution in [0.4, 0.5) is 0 Å². The zero-order valence-corrected chi connectivity index (χ0v) is 13.4. The van der Waals surface area contributed by atoms with Gasteiger partial charge in [0.1, 0.15) is 10.8 Å². The highest BCUT2D eigenvalue weighted by Gasteiger charge is 2.08. The summed E-state index contributed by atoms with van der Waals surface area (Å²) in [6.45, 7) is 4.87. The quantitative estimate of drug-likeness (QED) is 0.736. The maximum atomic E-state index is 8.85. The number of nitriles is 1. The number of aromatic nitrogens is 3. The third-order valence-corrected chi connectivity index (χ3v) is 4.38. The smallest absolute Gasteiger partial charge is 0.123 e. The Balaban J connectivity index is 1.82. The van der Waals surface area contributed by atoms with Gasteiger partial charge in [-0.05, 0) is 19.1 Å². The summed E-state index contributed by atoms with van der Waals surface area (Å²) in [4.78, 5) is 9.22. The summed E-state index contributed by atoms with van der Waals surface area (Å²) < 4.78 is 2.16. The lowest BCUT2D eigenvalue weighted by atomic mass is 10.1. The van der Waals surface area contributed by atoms with Crippen molar-refractivity contribution in [3.8, 4) is 16.6 Å². The van der Waals surface area contributed by atoms with Crippen LogP contribution in [-0.4, -0.2) is 14.5 Å². The monoisotopic (exact) mass is 308 g/mol. The first kappa shape index (κ1) is 14.5. The fraction of sp³-hybridized carbons (Fsp3) is 0.235. The van der Waals surface area contributed by atoms with Gasteiger partial charge in [-0.15, -0.1) is 11.3 Å². The van der Waals surface area contributed by atoms with Crippen molar-refractivity contribution in [2.75, 3.05) is 0 Å². The van der Waals surface area contributed by atoms with E-state index in [1.54, 1.807) is 11.3 Å². The molecule has 2 aromatic heterocycles. The summed E-state index contributed by atoms with van der Waals surface area (Å²) >= 11 is 1.63. The number of hydrogen-bond donors (Lipinski definition) is 0. The molecule has 5 heteroatoms. The van der Waals surface area contributed by atoms with Gasteiger partial charge in [0.2, 0.25) is 0 Å². The molecule has 2 heterocycles. The maximum absolute atomic E-state index is 8.85. The van der Waals surface area contributed by atoms with E-state index in [2.05, 4.69) is 34.1 Å². The van der Waals surface area contributed by atoms with E-state index in [-0.39, 0.29) is 0 Å². The first-order valence-corrected chi connectivity index (χ1v) is 8.05. The minimum Gasteiger partial charge on any atom is -0.329 e. The molecule has 0 spiro atoms. The number of imidazole rings is 1. The van der Waals surface area contributed by atoms with Gasteiger partial charge in [-0.2, -0.15) is 5.26 Å². The second-order valence-electron chi connectivity index (χ2n) is 5.11. The molecule has 0 radical (unpaired) electrons. The molecule has 0 unspecified atom stereocenters. The van der Waals surface area contributed by atoms with Gasteiger partial charge in [-0.25, -0.2) is 9.97 Å². The Bertz CT molecular complexity index is 821. The van der Waals surface area contributed by atoms with Crippen molar-refractivity contribution in [2.24, 2.45) is 0 Å². The van der Waals surface area contributed by atoms with Gasteiger partial charge < -0.3 is 4.57 Å². The molecule has 0 atom stereocenters. The lowest BCUT2D eigenvalue weighted by Crippen LogP contribution is -2.03. The molecular weight excluding hydrogens is 292 g/mol. The number of thiazole rings is 1. The predicted molar refractivity (Wildman–Crippen MR) is 87.7 cm³/mol. The van der Waals surface area contributed by atoms with Gasteiger partial charge in [0.25, 0.3) is 0 Å². The molecule has 3 rings (SSSR count). The second-order valence-corrected chi connectivity index (χ2v) is 5.97. The topological polar surface area (TPSA) is 54.5 Å². The fourth-order valence-corrected chi connectivity index (χ4v) is 3.21. The van der Waals surface area contributed by atoms with Crippen LogP contribution in [0, 0.1) is 18.3 Å². The largest absolute Gasteiger partial charge is 0.329 e. The first-order valence-electron chi connectivity index (χ1n) is 7.17. The lowest BCUT2D eigenvalue weighted by molar-refractivity contribution is 0.720. The molecule has 0 bridgehead atoms. The summed E-state index contributed by atoms with van der Waals surface area (Å²) in [6.07, 6.45) is 2.99. The van der Waals surface area contributed by atoms with Crippen LogP contribution < -0.4 is 0 Å². The van der Waals surface area contributed by atoms with Gasteiger partial charge in [0.15, 0.2) is 0 Å². The highest BCUT2D eigenvalue weighted by atomic mass is 32.1. The zero-order chi connectivity index (χ0) is 15.5. The van der Waals surface area contributed by atoms with Crippen molar-refractivity contribution >= 4 is 11.3 Å². The van der Waals surface area contributed by atoms with Crippen LogP contribution in [-0.2, 0) is 13.0 Å². The highest BCUT2D eigenvalue weighted by Crippen LogP contribution is 2.24. The summed E-state index contributed by atoms with van der Waals surface area (Å²) in [5.41, 5.74) is 3.80. The van der Waals surface area contributed by atoms with Crippen LogP contribution in [0.1, 0.15) is 29.7 Å². The van der Waals surface area contributed by atoms with Crippen LogP contribution in [0.15, 0.2) is 35.8 Å². The Morgan fingerprint density at radius 1 is 1.23 bits per heavy atom. The van der Waals surface area contributed by atoms with E-state index >= 15 is 0 Å². The summed E-state index contributed by atoms with van der Waals surface area (Å²) in [6, 6.07) is 9.67. The molecule has 0 aliphatic heterocycles. The van der Waals surface area contributed by atoms with E-state index in [9.17, 15) is 0 Å². The fourth-order valence-electron chi connectivity index (χ4n) is 2.39. The third kappa shape index (κ3) is 2.92. The summed E-state index contributed by atoms with van der Waals surface area (Å²) in [5, 5.41) is 11.9. The van der Waals surface area contributed by atoms with Gasteiger partial charge in [0, 0.05) is 23.6 Å². The number of nitrogens with zero attached hydrogens (tertiary/aromatic N) is 4. The zero-order valence-electron chi connectivity index (χ0n) is 12.6. The minimum absolute atomic E-state index is 0.669. The van der Waals surface area contributed by atoms with Crippen molar-refractivity contribution in [2.45, 2.75) is 26.8 Å². The number of benzene rings is 1. The van der Waals surface area contributed by atoms with E-state index in [1.807, 2.05) is 31.2 Å². The number of rotatable bonds is 4. The lowest BCUT2D eigenvalue weighted by Gasteiger charge is -2.03. The third-order valence-electron chi connectivity index (χ3n) is 3.44. The molecule has 4 nitrogen and oxygen atoms in total. The van der Waals surface area contributed by atoms with E-state index in [4.69, 9.17) is 10.2 Å². The molecule has 110 valence electrons. The van der Waals surface area contributed by atoms with Gasteiger partial charge in [-0.1, -0.05) is 19.1 Å². The highest BCUT2D eigenvalue weighted by molar-refractivity contribution is 7.13. The van der Waals surface area contributed by atoms with Gasteiger partial charge >= 0.3 is 0 Å². The molecule has 3 aromatic rings. The van der Waals surface area contributed by atoms with E-state index in [0.717, 1.165) is 40.7 Å². The Morgan fingerprint density at radius 3 is 2.68 bits per heavy atom. The molecule has 0 fully saturated rings. The molecule has 0 aliphatic carbocycles. The van der Waals surface area contributed by atoms with Crippen LogP contribution >= 0.6 is 11.3 Å². The number of hydrogen-bond acceptors (Lipinski definition) is 4. The summed E-state index contributed by atoms with van der Waals surface area (Å²) in [7, 11) is 0. The van der Waals surface area contributed by atoms with E-state index in [0.29, 0.717) is 5.56 Å². The van der Waals surface area contributed by atoms with Crippen molar-refractivity contribution in [3.63, 3.8) is 0 Å². The minimum atomic E-state index is 0.669. The molecular formula is C17H16N4S. The van der Waals surface area contributed by atoms with Crippen LogP contribution in [0.3, 0.4) is 0 Å². The normalized spacial score (nSPS) is 10.6. The van der Waals surface area contributed by atoms with Gasteiger partial charge in [-0.3, -0.25) is 0 Å². The SMILES string of the molecule is CCc1nc(C)cn1Cc1csc(-c2ccc(C#N)cc2)n1. The Hall–Kier alpha value is -2.45. The molecule has 1 aromatic carbocycles. The molecule has 0 amide bonds. The Kier molecular flexibility index (Phi) is 4.03. The van der Waals surface area contributed by atoms with Crippen LogP contribution in [0.25, 0.3) is 10.6 Å². The van der Waals surface area contributed by atoms with Gasteiger partial charge in [0.05, 0.1) is 29.6 Å². The van der Waals surface area contributed by atoms with Crippen molar-refractivity contribution < 1.29 is 0 Å². The summed E-state index contributed by atoms with van der Waals surface area (Å²) in [5.74, 6) is 1.09. The Morgan fingerprint density at radius 2 is 2.00 bits per heavy atom. The van der Waals surface area contributed by atoms with Crippen molar-refractivity contribution in [3.05, 3.63) is 58.6 Å². The van der Waals surface area contributed by atoms with Crippen LogP contribution in [0.5, 0.6) is 0 Å². The number of aryl methyl sites for hydroxylation is 2. The molecule has 0 saturated heterocycles. The Labute approximate surface area is 133 Å². The average molecular weight is 308 g/mol. The molecule has 0 aliphatic rings. The molecule has 0 N–H and O–H groups in total.